The number of rotatable bonds is 4. The molecule has 1 amide bonds. The van der Waals surface area contributed by atoms with Gasteiger partial charge in [-0.3, -0.25) is 14.5 Å². The summed E-state index contributed by atoms with van der Waals surface area (Å²) in [5.41, 5.74) is 2.74. The van der Waals surface area contributed by atoms with Crippen LogP contribution in [-0.2, 0) is 17.6 Å². The molecule has 1 fully saturated rings. The number of hydrogen-bond donors (Lipinski definition) is 1. The maximum absolute atomic E-state index is 12.2. The Balaban J connectivity index is 1.48. The molecule has 1 aliphatic heterocycles. The molecule has 1 saturated heterocycles. The molecular weight excluding hydrogens is 278 g/mol. The number of hydrogen-bond acceptors (Lipinski definition) is 4. The second-order valence-corrected chi connectivity index (χ2v) is 6.28. The van der Waals surface area contributed by atoms with Gasteiger partial charge in [0.25, 0.3) is 5.91 Å². The van der Waals surface area contributed by atoms with E-state index >= 15 is 0 Å². The number of carbonyl (C=O) groups is 2. The van der Waals surface area contributed by atoms with Crippen LogP contribution >= 0.6 is 0 Å². The largest absolute Gasteiger partial charge is 0.351 e. The average molecular weight is 301 g/mol. The number of carbonyl (C=O) groups excluding carboxylic acids is 2. The van der Waals surface area contributed by atoms with Crippen molar-refractivity contribution in [2.45, 2.75) is 12.8 Å². The van der Waals surface area contributed by atoms with Crippen LogP contribution in [0.4, 0.5) is 0 Å². The summed E-state index contributed by atoms with van der Waals surface area (Å²) in [4.78, 5) is 28.3. The molecule has 3 rings (SSSR count). The topological polar surface area (TPSA) is 52.6 Å². The zero-order chi connectivity index (χ0) is 15.5. The van der Waals surface area contributed by atoms with Gasteiger partial charge in [0.1, 0.15) is 5.78 Å². The van der Waals surface area contributed by atoms with Crippen LogP contribution in [-0.4, -0.2) is 67.8 Å². The fourth-order valence-electron chi connectivity index (χ4n) is 3.09. The van der Waals surface area contributed by atoms with Crippen LogP contribution in [0.3, 0.4) is 0 Å². The molecular formula is C17H23N3O2. The van der Waals surface area contributed by atoms with E-state index < -0.39 is 0 Å². The Kier molecular flexibility index (Phi) is 4.55. The van der Waals surface area contributed by atoms with Gasteiger partial charge in [-0.1, -0.05) is 6.07 Å². The Bertz CT molecular complexity index is 577. The van der Waals surface area contributed by atoms with Gasteiger partial charge in [-0.15, -0.1) is 0 Å². The summed E-state index contributed by atoms with van der Waals surface area (Å²) in [6.45, 7) is 5.86. The number of nitrogens with one attached hydrogen (secondary N) is 1. The molecule has 1 aliphatic carbocycles. The quantitative estimate of drug-likeness (QED) is 0.871. The first kappa shape index (κ1) is 15.2. The molecule has 5 nitrogen and oxygen atoms in total. The summed E-state index contributed by atoms with van der Waals surface area (Å²) in [5.74, 6) is 0.193. The summed E-state index contributed by atoms with van der Waals surface area (Å²) < 4.78 is 0. The normalized spacial score (nSPS) is 19.2. The van der Waals surface area contributed by atoms with E-state index in [0.29, 0.717) is 24.9 Å². The molecule has 1 heterocycles. The van der Waals surface area contributed by atoms with Crippen molar-refractivity contribution >= 4 is 11.7 Å². The molecule has 0 aromatic heterocycles. The van der Waals surface area contributed by atoms with Crippen molar-refractivity contribution in [3.05, 3.63) is 34.9 Å². The van der Waals surface area contributed by atoms with Gasteiger partial charge in [0.05, 0.1) is 0 Å². The van der Waals surface area contributed by atoms with Gasteiger partial charge in [0.2, 0.25) is 0 Å². The van der Waals surface area contributed by atoms with Crippen LogP contribution in [0.2, 0.25) is 0 Å². The number of likely N-dealkylation sites (N-methyl/N-ethyl adjacent to an activating group) is 1. The van der Waals surface area contributed by atoms with Crippen molar-refractivity contribution in [3.8, 4) is 0 Å². The van der Waals surface area contributed by atoms with E-state index in [1.165, 1.54) is 0 Å². The van der Waals surface area contributed by atoms with E-state index in [1.807, 2.05) is 18.2 Å². The Labute approximate surface area is 131 Å². The van der Waals surface area contributed by atoms with Crippen molar-refractivity contribution in [1.82, 2.24) is 15.1 Å². The number of fused-ring (bicyclic) bond motifs is 1. The van der Waals surface area contributed by atoms with E-state index in [0.717, 1.165) is 43.9 Å². The monoisotopic (exact) mass is 301 g/mol. The summed E-state index contributed by atoms with van der Waals surface area (Å²) in [6, 6.07) is 5.60. The molecule has 0 radical (unpaired) electrons. The predicted octanol–water partition coefficient (Wildman–Crippen LogP) is 0.332. The zero-order valence-corrected chi connectivity index (χ0v) is 13.1. The van der Waals surface area contributed by atoms with Gasteiger partial charge in [-0.2, -0.15) is 0 Å². The molecule has 1 aromatic carbocycles. The van der Waals surface area contributed by atoms with Gasteiger partial charge >= 0.3 is 0 Å². The average Bonchev–Trinajstić information content (AvgIpc) is 2.88. The van der Waals surface area contributed by atoms with Gasteiger partial charge in [-0.05, 0) is 30.3 Å². The number of nitrogens with zero attached hydrogens (tertiary/aromatic N) is 2. The maximum Gasteiger partial charge on any atom is 0.251 e. The highest BCUT2D eigenvalue weighted by Gasteiger charge is 2.20. The highest BCUT2D eigenvalue weighted by Crippen LogP contribution is 2.20. The Morgan fingerprint density at radius 3 is 2.64 bits per heavy atom. The molecule has 5 heteroatoms. The summed E-state index contributed by atoms with van der Waals surface area (Å²) in [6.07, 6.45) is 0.985. The van der Waals surface area contributed by atoms with Crippen molar-refractivity contribution in [2.24, 2.45) is 0 Å². The standard InChI is InChI=1S/C17H23N3O2/c1-19-6-8-20(9-7-19)5-4-18-17(22)14-3-2-13-11-16(21)12-15(13)10-14/h2-3,10H,4-9,11-12H2,1H3,(H,18,22). The highest BCUT2D eigenvalue weighted by atomic mass is 16.1. The molecule has 1 N–H and O–H groups in total. The van der Waals surface area contributed by atoms with Crippen molar-refractivity contribution in [1.29, 1.82) is 0 Å². The Morgan fingerprint density at radius 1 is 1.14 bits per heavy atom. The fraction of sp³-hybridized carbons (Fsp3) is 0.529. The minimum absolute atomic E-state index is 0.0451. The Morgan fingerprint density at radius 2 is 1.86 bits per heavy atom. The van der Waals surface area contributed by atoms with Crippen LogP contribution in [0.1, 0.15) is 21.5 Å². The second kappa shape index (κ2) is 6.58. The fourth-order valence-corrected chi connectivity index (χ4v) is 3.09. The number of piperazine rings is 1. The third-order valence-corrected chi connectivity index (χ3v) is 4.55. The lowest BCUT2D eigenvalue weighted by atomic mass is 10.1. The summed E-state index contributed by atoms with van der Waals surface area (Å²) >= 11 is 0. The molecule has 118 valence electrons. The number of Topliss-reactive ketones (excluding diaryl/α,β-unsaturated/α-hetero) is 1. The third-order valence-electron chi connectivity index (χ3n) is 4.55. The minimum Gasteiger partial charge on any atom is -0.351 e. The zero-order valence-electron chi connectivity index (χ0n) is 13.1. The lowest BCUT2D eigenvalue weighted by molar-refractivity contribution is -0.117. The SMILES string of the molecule is CN1CCN(CCNC(=O)c2ccc3c(c2)CC(=O)C3)CC1. The molecule has 0 atom stereocenters. The lowest BCUT2D eigenvalue weighted by Crippen LogP contribution is -2.46. The number of ketones is 1. The van der Waals surface area contributed by atoms with E-state index in [-0.39, 0.29) is 11.7 Å². The van der Waals surface area contributed by atoms with Crippen LogP contribution in [0.5, 0.6) is 0 Å². The van der Waals surface area contributed by atoms with Crippen LogP contribution in [0.15, 0.2) is 18.2 Å². The summed E-state index contributed by atoms with van der Waals surface area (Å²) in [7, 11) is 2.14. The smallest absolute Gasteiger partial charge is 0.251 e. The van der Waals surface area contributed by atoms with E-state index in [1.54, 1.807) is 0 Å². The van der Waals surface area contributed by atoms with Gasteiger partial charge in [-0.25, -0.2) is 0 Å². The van der Waals surface area contributed by atoms with Gasteiger partial charge in [0.15, 0.2) is 0 Å². The van der Waals surface area contributed by atoms with Crippen molar-refractivity contribution in [3.63, 3.8) is 0 Å². The van der Waals surface area contributed by atoms with Crippen LogP contribution < -0.4 is 5.32 Å². The first-order valence-electron chi connectivity index (χ1n) is 7.94. The van der Waals surface area contributed by atoms with E-state index in [9.17, 15) is 9.59 Å². The molecule has 0 spiro atoms. The molecule has 2 aliphatic rings. The van der Waals surface area contributed by atoms with Crippen LogP contribution in [0.25, 0.3) is 0 Å². The van der Waals surface area contributed by atoms with Crippen molar-refractivity contribution < 1.29 is 9.59 Å². The Hall–Kier alpha value is -1.72. The summed E-state index contributed by atoms with van der Waals surface area (Å²) in [5, 5.41) is 2.98. The van der Waals surface area contributed by atoms with E-state index in [2.05, 4.69) is 22.2 Å². The maximum atomic E-state index is 12.2. The minimum atomic E-state index is -0.0451. The first-order valence-corrected chi connectivity index (χ1v) is 7.94. The molecule has 1 aromatic rings. The predicted molar refractivity (Wildman–Crippen MR) is 85.1 cm³/mol. The highest BCUT2D eigenvalue weighted by molar-refractivity contribution is 5.96. The molecule has 0 bridgehead atoms. The van der Waals surface area contributed by atoms with Gasteiger partial charge in [0, 0.05) is 57.7 Å². The number of benzene rings is 1. The van der Waals surface area contributed by atoms with Gasteiger partial charge < -0.3 is 10.2 Å². The third kappa shape index (κ3) is 3.54. The molecule has 22 heavy (non-hydrogen) atoms. The lowest BCUT2D eigenvalue weighted by Gasteiger charge is -2.32. The first-order chi connectivity index (χ1) is 10.6. The van der Waals surface area contributed by atoms with Crippen LogP contribution in [0, 0.1) is 0 Å². The number of amides is 1. The van der Waals surface area contributed by atoms with Crippen molar-refractivity contribution in [2.75, 3.05) is 46.3 Å². The van der Waals surface area contributed by atoms with E-state index in [4.69, 9.17) is 0 Å². The molecule has 0 unspecified atom stereocenters. The molecule has 0 saturated carbocycles. The second-order valence-electron chi connectivity index (χ2n) is 6.28.